The zero-order valence-corrected chi connectivity index (χ0v) is 16.4. The molecule has 31 heavy (non-hydrogen) atoms. The lowest BCUT2D eigenvalue weighted by Crippen LogP contribution is -2.51. The lowest BCUT2D eigenvalue weighted by atomic mass is 10.1. The number of carbonyl (C=O) groups is 2. The van der Waals surface area contributed by atoms with E-state index < -0.39 is 28.4 Å². The van der Waals surface area contributed by atoms with Crippen LogP contribution in [0.5, 0.6) is 0 Å². The lowest BCUT2D eigenvalue weighted by Gasteiger charge is -2.36. The van der Waals surface area contributed by atoms with E-state index in [1.807, 2.05) is 4.90 Å². The number of hydrogen-bond acceptors (Lipinski definition) is 6. The van der Waals surface area contributed by atoms with E-state index in [1.54, 1.807) is 11.0 Å². The van der Waals surface area contributed by atoms with Crippen molar-refractivity contribution in [3.8, 4) is 0 Å². The molecule has 1 unspecified atom stereocenters. The van der Waals surface area contributed by atoms with E-state index in [0.717, 1.165) is 18.2 Å². The van der Waals surface area contributed by atoms with Gasteiger partial charge in [0, 0.05) is 50.5 Å². The van der Waals surface area contributed by atoms with E-state index >= 15 is 0 Å². The molecular formula is C20H19F2N5O4. The van der Waals surface area contributed by atoms with Gasteiger partial charge in [-0.3, -0.25) is 19.7 Å². The Labute approximate surface area is 176 Å². The SMILES string of the molecule is O=C(C1CCN(c2cc(F)cc(F)c2)C1=O)N1CCN(c2ccc([N+](=O)[O-])cn2)CC1. The van der Waals surface area contributed by atoms with Crippen LogP contribution < -0.4 is 9.80 Å². The van der Waals surface area contributed by atoms with Crippen molar-refractivity contribution in [2.45, 2.75) is 6.42 Å². The third-order valence-corrected chi connectivity index (χ3v) is 5.52. The van der Waals surface area contributed by atoms with E-state index in [9.17, 15) is 28.5 Å². The minimum absolute atomic E-state index is 0.0972. The molecule has 2 aromatic rings. The van der Waals surface area contributed by atoms with E-state index in [-0.39, 0.29) is 30.2 Å². The maximum absolute atomic E-state index is 13.5. The summed E-state index contributed by atoms with van der Waals surface area (Å²) in [5, 5.41) is 10.7. The number of hydrogen-bond donors (Lipinski definition) is 0. The van der Waals surface area contributed by atoms with Crippen LogP contribution in [0.3, 0.4) is 0 Å². The van der Waals surface area contributed by atoms with Crippen LogP contribution in [0.2, 0.25) is 0 Å². The Morgan fingerprint density at radius 2 is 1.74 bits per heavy atom. The maximum Gasteiger partial charge on any atom is 0.287 e. The van der Waals surface area contributed by atoms with Crippen molar-refractivity contribution in [2.75, 3.05) is 42.5 Å². The largest absolute Gasteiger partial charge is 0.353 e. The van der Waals surface area contributed by atoms with Crippen LogP contribution in [0.15, 0.2) is 36.5 Å². The Balaban J connectivity index is 1.37. The van der Waals surface area contributed by atoms with Crippen LogP contribution in [0.25, 0.3) is 0 Å². The van der Waals surface area contributed by atoms with Gasteiger partial charge in [0.25, 0.3) is 5.69 Å². The highest BCUT2D eigenvalue weighted by molar-refractivity contribution is 6.09. The van der Waals surface area contributed by atoms with E-state index in [1.165, 1.54) is 17.2 Å². The third-order valence-electron chi connectivity index (χ3n) is 5.52. The van der Waals surface area contributed by atoms with Crippen molar-refractivity contribution in [1.29, 1.82) is 0 Å². The number of rotatable bonds is 4. The second-order valence-electron chi connectivity index (χ2n) is 7.40. The van der Waals surface area contributed by atoms with Gasteiger partial charge < -0.3 is 14.7 Å². The van der Waals surface area contributed by atoms with Gasteiger partial charge in [-0.2, -0.15) is 0 Å². The van der Waals surface area contributed by atoms with Crippen LogP contribution in [0.1, 0.15) is 6.42 Å². The molecule has 1 aromatic carbocycles. The van der Waals surface area contributed by atoms with Crippen molar-refractivity contribution < 1.29 is 23.3 Å². The number of amides is 2. The average Bonchev–Trinajstić information content (AvgIpc) is 3.14. The molecule has 0 spiro atoms. The highest BCUT2D eigenvalue weighted by atomic mass is 19.1. The molecule has 0 radical (unpaired) electrons. The molecule has 2 saturated heterocycles. The molecule has 162 valence electrons. The van der Waals surface area contributed by atoms with E-state index in [4.69, 9.17) is 0 Å². The van der Waals surface area contributed by atoms with Crippen molar-refractivity contribution in [3.05, 3.63) is 58.3 Å². The van der Waals surface area contributed by atoms with Crippen LogP contribution in [-0.2, 0) is 9.59 Å². The molecular weight excluding hydrogens is 412 g/mol. The van der Waals surface area contributed by atoms with Gasteiger partial charge in [-0.05, 0) is 24.6 Å². The average molecular weight is 431 g/mol. The molecule has 0 N–H and O–H groups in total. The van der Waals surface area contributed by atoms with Gasteiger partial charge in [0.05, 0.1) is 4.92 Å². The van der Waals surface area contributed by atoms with E-state index in [0.29, 0.717) is 32.0 Å². The number of piperazine rings is 1. The predicted octanol–water partition coefficient (Wildman–Crippen LogP) is 1.97. The number of nitro groups is 1. The summed E-state index contributed by atoms with van der Waals surface area (Å²) in [4.78, 5) is 44.7. The van der Waals surface area contributed by atoms with Gasteiger partial charge in [-0.25, -0.2) is 13.8 Å². The number of aromatic nitrogens is 1. The number of benzene rings is 1. The number of pyridine rings is 1. The van der Waals surface area contributed by atoms with Gasteiger partial charge in [0.15, 0.2) is 0 Å². The molecule has 0 aliphatic carbocycles. The number of nitrogens with zero attached hydrogens (tertiary/aromatic N) is 5. The first kappa shape index (κ1) is 20.6. The van der Waals surface area contributed by atoms with Crippen molar-refractivity contribution in [1.82, 2.24) is 9.88 Å². The summed E-state index contributed by atoms with van der Waals surface area (Å²) in [5.74, 6) is -2.64. The van der Waals surface area contributed by atoms with Crippen LogP contribution >= 0.6 is 0 Å². The summed E-state index contributed by atoms with van der Waals surface area (Å²) in [7, 11) is 0. The smallest absolute Gasteiger partial charge is 0.287 e. The highest BCUT2D eigenvalue weighted by Crippen LogP contribution is 2.28. The third kappa shape index (κ3) is 4.16. The first-order valence-electron chi connectivity index (χ1n) is 9.75. The molecule has 0 saturated carbocycles. The van der Waals surface area contributed by atoms with E-state index in [2.05, 4.69) is 4.98 Å². The Bertz CT molecular complexity index is 1000. The topological polar surface area (TPSA) is 99.9 Å². The quantitative estimate of drug-likeness (QED) is 0.417. The van der Waals surface area contributed by atoms with Crippen LogP contribution in [0, 0.1) is 27.7 Å². The zero-order valence-electron chi connectivity index (χ0n) is 16.4. The summed E-state index contributed by atoms with van der Waals surface area (Å²) in [5.41, 5.74) is 0.00640. The Morgan fingerprint density at radius 3 is 2.32 bits per heavy atom. The summed E-state index contributed by atoms with van der Waals surface area (Å²) < 4.78 is 27.0. The molecule has 3 heterocycles. The monoisotopic (exact) mass is 431 g/mol. The molecule has 2 aliphatic heterocycles. The summed E-state index contributed by atoms with van der Waals surface area (Å²) >= 11 is 0. The van der Waals surface area contributed by atoms with Gasteiger partial charge >= 0.3 is 0 Å². The first-order valence-corrected chi connectivity index (χ1v) is 9.75. The maximum atomic E-state index is 13.5. The van der Waals surface area contributed by atoms with Crippen LogP contribution in [-0.4, -0.2) is 59.3 Å². The fraction of sp³-hybridized carbons (Fsp3) is 0.350. The predicted molar refractivity (Wildman–Crippen MR) is 107 cm³/mol. The van der Waals surface area contributed by atoms with Crippen LogP contribution in [0.4, 0.5) is 26.0 Å². The van der Waals surface area contributed by atoms with Gasteiger partial charge in [-0.15, -0.1) is 0 Å². The Kier molecular flexibility index (Phi) is 5.49. The van der Waals surface area contributed by atoms with Gasteiger partial charge in [-0.1, -0.05) is 0 Å². The summed E-state index contributed by atoms with van der Waals surface area (Å²) in [6, 6.07) is 5.81. The minimum Gasteiger partial charge on any atom is -0.353 e. The molecule has 2 amide bonds. The Morgan fingerprint density at radius 1 is 1.06 bits per heavy atom. The number of halogens is 2. The molecule has 9 nitrogen and oxygen atoms in total. The fourth-order valence-corrected chi connectivity index (χ4v) is 3.91. The Hall–Kier alpha value is -3.63. The molecule has 2 fully saturated rings. The van der Waals surface area contributed by atoms with Crippen molar-refractivity contribution in [3.63, 3.8) is 0 Å². The highest BCUT2D eigenvalue weighted by Gasteiger charge is 2.40. The summed E-state index contributed by atoms with van der Waals surface area (Å²) in [6.45, 7) is 1.89. The zero-order chi connectivity index (χ0) is 22.1. The second kappa shape index (κ2) is 8.25. The first-order chi connectivity index (χ1) is 14.8. The van der Waals surface area contributed by atoms with Crippen molar-refractivity contribution in [2.24, 2.45) is 5.92 Å². The molecule has 1 atom stereocenters. The number of carbonyl (C=O) groups excluding carboxylic acids is 2. The molecule has 2 aliphatic rings. The molecule has 4 rings (SSSR count). The normalized spacial score (nSPS) is 19.1. The molecule has 1 aromatic heterocycles. The second-order valence-corrected chi connectivity index (χ2v) is 7.40. The van der Waals surface area contributed by atoms with Crippen molar-refractivity contribution >= 4 is 29.0 Å². The lowest BCUT2D eigenvalue weighted by molar-refractivity contribution is -0.385. The van der Waals surface area contributed by atoms with Gasteiger partial charge in [0.2, 0.25) is 11.8 Å². The minimum atomic E-state index is -0.879. The van der Waals surface area contributed by atoms with Gasteiger partial charge in [0.1, 0.15) is 29.6 Å². The molecule has 0 bridgehead atoms. The fourth-order valence-electron chi connectivity index (χ4n) is 3.91. The molecule has 11 heteroatoms. The number of anilines is 2. The summed E-state index contributed by atoms with van der Waals surface area (Å²) in [6.07, 6.45) is 1.47. The standard InChI is InChI=1S/C20H19F2N5O4/c21-13-9-14(22)11-16(10-13)26-4-3-17(20(26)29)19(28)25-7-5-24(6-8-25)18-2-1-15(12-23-18)27(30)31/h1-2,9-12,17H,3-8H2.